The molecule has 0 radical (unpaired) electrons. The monoisotopic (exact) mass is 342 g/mol. The highest BCUT2D eigenvalue weighted by Gasteiger charge is 2.41. The van der Waals surface area contributed by atoms with Gasteiger partial charge in [-0.3, -0.25) is 14.9 Å². The molecule has 6 nitrogen and oxygen atoms in total. The molecule has 0 aliphatic carbocycles. The third-order valence-electron chi connectivity index (χ3n) is 2.88. The van der Waals surface area contributed by atoms with E-state index >= 15 is 0 Å². The van der Waals surface area contributed by atoms with Gasteiger partial charge in [-0.15, -0.1) is 0 Å². The van der Waals surface area contributed by atoms with Crippen molar-refractivity contribution in [2.45, 2.75) is 12.4 Å². The molecule has 1 aromatic heterocycles. The number of alkyl halides is 6. The molecule has 0 amide bonds. The van der Waals surface area contributed by atoms with Crippen LogP contribution in [0.5, 0.6) is 5.75 Å². The molecule has 2 N–H and O–H groups in total. The molecule has 0 saturated heterocycles. The maximum Gasteiger partial charge on any atom is 0.417 e. The van der Waals surface area contributed by atoms with Crippen LogP contribution in [-0.4, -0.2) is 15.0 Å². The van der Waals surface area contributed by atoms with Crippen LogP contribution in [0.25, 0.3) is 10.9 Å². The number of benzene rings is 1. The second-order valence-electron chi connectivity index (χ2n) is 4.35. The van der Waals surface area contributed by atoms with Crippen LogP contribution in [0.1, 0.15) is 11.1 Å². The van der Waals surface area contributed by atoms with Crippen molar-refractivity contribution >= 4 is 16.6 Å². The van der Waals surface area contributed by atoms with Crippen molar-refractivity contribution in [3.8, 4) is 5.75 Å². The summed E-state index contributed by atoms with van der Waals surface area (Å²) < 4.78 is 77.0. The van der Waals surface area contributed by atoms with Crippen molar-refractivity contribution in [1.29, 1.82) is 0 Å². The topological polar surface area (TPSA) is 96.2 Å². The van der Waals surface area contributed by atoms with E-state index in [0.717, 1.165) is 0 Å². The molecule has 1 aromatic carbocycles. The summed E-state index contributed by atoms with van der Waals surface area (Å²) in [4.78, 5) is 22.3. The van der Waals surface area contributed by atoms with E-state index in [-0.39, 0.29) is 12.1 Å². The molecule has 12 heteroatoms. The van der Waals surface area contributed by atoms with Crippen LogP contribution >= 0.6 is 0 Å². The number of nitro groups is 1. The number of pyridine rings is 1. The van der Waals surface area contributed by atoms with Gasteiger partial charge in [-0.25, -0.2) is 0 Å². The lowest BCUT2D eigenvalue weighted by atomic mass is 10.0. The zero-order valence-corrected chi connectivity index (χ0v) is 10.5. The molecule has 0 spiro atoms. The lowest BCUT2D eigenvalue weighted by molar-refractivity contribution is -0.384. The Morgan fingerprint density at radius 1 is 1.09 bits per heavy atom. The predicted molar refractivity (Wildman–Crippen MR) is 62.9 cm³/mol. The highest BCUT2D eigenvalue weighted by atomic mass is 19.4. The Morgan fingerprint density at radius 2 is 1.65 bits per heavy atom. The van der Waals surface area contributed by atoms with Gasteiger partial charge >= 0.3 is 18.0 Å². The fraction of sp³-hybridized carbons (Fsp3) is 0.182. The molecule has 1 heterocycles. The van der Waals surface area contributed by atoms with Gasteiger partial charge in [0.15, 0.2) is 0 Å². The Balaban J connectivity index is 3.12. The molecule has 0 atom stereocenters. The molecule has 2 rings (SSSR count). The molecule has 23 heavy (non-hydrogen) atoms. The van der Waals surface area contributed by atoms with Crippen molar-refractivity contribution in [3.05, 3.63) is 43.7 Å². The Hall–Kier alpha value is -2.79. The second-order valence-corrected chi connectivity index (χ2v) is 4.35. The first-order valence-electron chi connectivity index (χ1n) is 5.56. The average Bonchev–Trinajstić information content (AvgIpc) is 2.36. The normalized spacial score (nSPS) is 12.6. The minimum absolute atomic E-state index is 0.123. The van der Waals surface area contributed by atoms with Crippen LogP contribution in [0.3, 0.4) is 0 Å². The van der Waals surface area contributed by atoms with Gasteiger partial charge in [-0.05, 0) is 12.1 Å². The van der Waals surface area contributed by atoms with E-state index in [1.165, 1.54) is 0 Å². The Morgan fingerprint density at radius 3 is 2.09 bits per heavy atom. The molecule has 124 valence electrons. The highest BCUT2D eigenvalue weighted by molar-refractivity contribution is 5.94. The largest absolute Gasteiger partial charge is 0.498 e. The second kappa shape index (κ2) is 4.86. The minimum atomic E-state index is -5.39. The zero-order valence-electron chi connectivity index (χ0n) is 10.5. The van der Waals surface area contributed by atoms with Gasteiger partial charge in [0.25, 0.3) is 11.3 Å². The minimum Gasteiger partial charge on any atom is -0.498 e. The van der Waals surface area contributed by atoms with Gasteiger partial charge in [0.1, 0.15) is 0 Å². The molecule has 0 fully saturated rings. The molecule has 0 saturated carbocycles. The van der Waals surface area contributed by atoms with Gasteiger partial charge in [-0.2, -0.15) is 26.3 Å². The van der Waals surface area contributed by atoms with E-state index in [1.54, 1.807) is 4.98 Å². The number of halogens is 6. The number of hydrogen-bond donors (Lipinski definition) is 2. The summed E-state index contributed by atoms with van der Waals surface area (Å²) >= 11 is 0. The lowest BCUT2D eigenvalue weighted by Gasteiger charge is -2.14. The van der Waals surface area contributed by atoms with Gasteiger partial charge in [0.2, 0.25) is 0 Å². The highest BCUT2D eigenvalue weighted by Crippen LogP contribution is 2.43. The first-order valence-corrected chi connectivity index (χ1v) is 5.56. The van der Waals surface area contributed by atoms with Gasteiger partial charge in [0, 0.05) is 0 Å². The standard InChI is InChI=1S/C11H4F6N2O4/c12-10(13,14)3-1-4(11(15,16)17)6-5(2-3)18-9(21)8(20)7(6)19(22)23/h1-2,20H,(H,18,21). The molecule has 0 aliphatic heterocycles. The zero-order chi connectivity index (χ0) is 17.7. The molecule has 2 aromatic rings. The maximum atomic E-state index is 13.0. The quantitative estimate of drug-likeness (QED) is 0.473. The van der Waals surface area contributed by atoms with Gasteiger partial charge in [0.05, 0.1) is 27.0 Å². The van der Waals surface area contributed by atoms with E-state index in [1.807, 2.05) is 0 Å². The fourth-order valence-electron chi connectivity index (χ4n) is 1.97. The van der Waals surface area contributed by atoms with Crippen LogP contribution in [-0.2, 0) is 12.4 Å². The third kappa shape index (κ3) is 2.78. The van der Waals surface area contributed by atoms with Crippen molar-refractivity contribution in [3.63, 3.8) is 0 Å². The lowest BCUT2D eigenvalue weighted by Crippen LogP contribution is -2.15. The third-order valence-corrected chi connectivity index (χ3v) is 2.88. The smallest absolute Gasteiger partial charge is 0.417 e. The van der Waals surface area contributed by atoms with Crippen molar-refractivity contribution in [2.24, 2.45) is 0 Å². The number of H-pyrrole nitrogens is 1. The number of aromatic hydroxyl groups is 1. The van der Waals surface area contributed by atoms with Crippen LogP contribution in [0.4, 0.5) is 32.0 Å². The maximum absolute atomic E-state index is 13.0. The van der Waals surface area contributed by atoms with Crippen molar-refractivity contribution < 1.29 is 36.4 Å². The van der Waals surface area contributed by atoms with Gasteiger partial charge < -0.3 is 10.1 Å². The molecule has 0 unspecified atom stereocenters. The van der Waals surface area contributed by atoms with Crippen molar-refractivity contribution in [1.82, 2.24) is 4.98 Å². The number of aromatic amines is 1. The Kier molecular flexibility index (Phi) is 3.50. The number of nitrogens with zero attached hydrogens (tertiary/aromatic N) is 1. The summed E-state index contributed by atoms with van der Waals surface area (Å²) in [5, 5.41) is 18.8. The summed E-state index contributed by atoms with van der Waals surface area (Å²) in [5.41, 5.74) is -8.03. The Labute approximate surface area is 121 Å². The van der Waals surface area contributed by atoms with Crippen LogP contribution < -0.4 is 5.56 Å². The number of rotatable bonds is 1. The first-order chi connectivity index (χ1) is 10.3. The number of nitrogens with one attached hydrogen (secondary N) is 1. The van der Waals surface area contributed by atoms with E-state index < -0.39 is 56.3 Å². The Bertz CT molecular complexity index is 868. The SMILES string of the molecule is O=c1[nH]c2cc(C(F)(F)F)cc(C(F)(F)F)c2c([N+](=O)[O-])c1O. The average molecular weight is 342 g/mol. The van der Waals surface area contributed by atoms with Gasteiger partial charge in [-0.1, -0.05) is 0 Å². The number of fused-ring (bicyclic) bond motifs is 1. The van der Waals surface area contributed by atoms with Crippen LogP contribution in [0, 0.1) is 10.1 Å². The van der Waals surface area contributed by atoms with Crippen molar-refractivity contribution in [2.75, 3.05) is 0 Å². The van der Waals surface area contributed by atoms with Crippen LogP contribution in [0.2, 0.25) is 0 Å². The fourth-order valence-corrected chi connectivity index (χ4v) is 1.97. The van der Waals surface area contributed by atoms with E-state index in [0.29, 0.717) is 0 Å². The predicted octanol–water partition coefficient (Wildman–Crippen LogP) is 3.18. The van der Waals surface area contributed by atoms with E-state index in [4.69, 9.17) is 0 Å². The number of aromatic nitrogens is 1. The summed E-state index contributed by atoms with van der Waals surface area (Å²) in [6.07, 6.45) is -10.6. The molecule has 0 bridgehead atoms. The molecular formula is C11H4F6N2O4. The number of hydrogen-bond acceptors (Lipinski definition) is 4. The summed E-state index contributed by atoms with van der Waals surface area (Å²) in [5.74, 6) is -1.63. The molecular weight excluding hydrogens is 338 g/mol. The first kappa shape index (κ1) is 16.6. The van der Waals surface area contributed by atoms with E-state index in [2.05, 4.69) is 0 Å². The van der Waals surface area contributed by atoms with E-state index in [9.17, 15) is 46.4 Å². The van der Waals surface area contributed by atoms with Crippen LogP contribution in [0.15, 0.2) is 16.9 Å². The summed E-state index contributed by atoms with van der Waals surface area (Å²) in [7, 11) is 0. The summed E-state index contributed by atoms with van der Waals surface area (Å²) in [6, 6.07) is -0.203. The molecule has 0 aliphatic rings. The summed E-state index contributed by atoms with van der Waals surface area (Å²) in [6.45, 7) is 0.